The fraction of sp³-hybridized carbons (Fsp3) is 0.667. The minimum Gasteiger partial charge on any atom is -0.480 e. The van der Waals surface area contributed by atoms with Gasteiger partial charge in [0.1, 0.15) is 0 Å². The fourth-order valence-electron chi connectivity index (χ4n) is 0.926. The summed E-state index contributed by atoms with van der Waals surface area (Å²) in [5.41, 5.74) is -1.03. The van der Waals surface area contributed by atoms with Gasteiger partial charge in [-0.3, -0.25) is 4.79 Å². The highest BCUT2D eigenvalue weighted by Crippen LogP contribution is 2.51. The van der Waals surface area contributed by atoms with Crippen LogP contribution in [0.1, 0.15) is 13.3 Å². The van der Waals surface area contributed by atoms with Gasteiger partial charge in [0.2, 0.25) is 0 Å². The van der Waals surface area contributed by atoms with Crippen molar-refractivity contribution in [1.29, 1.82) is 5.26 Å². The van der Waals surface area contributed by atoms with Crippen molar-refractivity contribution < 1.29 is 9.90 Å². The van der Waals surface area contributed by atoms with Gasteiger partial charge in [0, 0.05) is 0 Å². The number of nitrogens with zero attached hydrogens (tertiary/aromatic N) is 1. The Morgan fingerprint density at radius 3 is 2.44 bits per heavy atom. The molecule has 0 radical (unpaired) electrons. The summed E-state index contributed by atoms with van der Waals surface area (Å²) >= 11 is 0. The average molecular weight is 125 g/mol. The Hall–Kier alpha value is -1.04. The molecule has 1 aliphatic carbocycles. The number of carboxylic acids is 1. The zero-order valence-electron chi connectivity index (χ0n) is 5.09. The normalized spacial score (nSPS) is 39.3. The van der Waals surface area contributed by atoms with Gasteiger partial charge in [-0.25, -0.2) is 0 Å². The van der Waals surface area contributed by atoms with Gasteiger partial charge >= 0.3 is 5.97 Å². The third-order valence-electron chi connectivity index (χ3n) is 1.89. The number of carbonyl (C=O) groups is 1. The van der Waals surface area contributed by atoms with Gasteiger partial charge in [-0.1, -0.05) is 6.92 Å². The molecule has 3 heteroatoms. The van der Waals surface area contributed by atoms with Crippen molar-refractivity contribution in [1.82, 2.24) is 0 Å². The molecule has 0 amide bonds. The number of carboxylic acid groups (broad SMARTS) is 1. The summed E-state index contributed by atoms with van der Waals surface area (Å²) in [5, 5.41) is 16.8. The molecule has 0 unspecified atom stereocenters. The maximum Gasteiger partial charge on any atom is 0.324 e. The van der Waals surface area contributed by atoms with Crippen LogP contribution in [0.4, 0.5) is 0 Å². The fourth-order valence-corrected chi connectivity index (χ4v) is 0.926. The molecule has 48 valence electrons. The van der Waals surface area contributed by atoms with E-state index in [2.05, 4.69) is 0 Å². The van der Waals surface area contributed by atoms with Gasteiger partial charge in [0.15, 0.2) is 5.41 Å². The first-order chi connectivity index (χ1) is 4.13. The summed E-state index contributed by atoms with van der Waals surface area (Å²) in [6.07, 6.45) is 0.513. The zero-order valence-corrected chi connectivity index (χ0v) is 5.09. The molecule has 0 spiro atoms. The molecule has 2 atom stereocenters. The van der Waals surface area contributed by atoms with Crippen molar-refractivity contribution in [2.24, 2.45) is 11.3 Å². The van der Waals surface area contributed by atoms with E-state index >= 15 is 0 Å². The second-order valence-electron chi connectivity index (χ2n) is 2.49. The van der Waals surface area contributed by atoms with Crippen LogP contribution in [0.15, 0.2) is 0 Å². The van der Waals surface area contributed by atoms with E-state index in [9.17, 15) is 4.79 Å². The largest absolute Gasteiger partial charge is 0.480 e. The molecule has 1 N–H and O–H groups in total. The van der Waals surface area contributed by atoms with Crippen LogP contribution in [-0.2, 0) is 4.79 Å². The molecule has 1 saturated carbocycles. The van der Waals surface area contributed by atoms with Crippen molar-refractivity contribution in [2.75, 3.05) is 0 Å². The summed E-state index contributed by atoms with van der Waals surface area (Å²) in [4.78, 5) is 10.3. The molecular weight excluding hydrogens is 118 g/mol. The first-order valence-corrected chi connectivity index (χ1v) is 2.78. The molecule has 0 aromatic heterocycles. The zero-order chi connectivity index (χ0) is 7.07. The molecule has 1 fully saturated rings. The third kappa shape index (κ3) is 0.595. The molecule has 0 aromatic carbocycles. The molecule has 0 aromatic rings. The highest BCUT2D eigenvalue weighted by Gasteiger charge is 2.58. The van der Waals surface area contributed by atoms with E-state index in [0.717, 1.165) is 0 Å². The molecule has 1 aliphatic rings. The average Bonchev–Trinajstić information content (AvgIpc) is 2.43. The van der Waals surface area contributed by atoms with E-state index in [1.54, 1.807) is 13.0 Å². The van der Waals surface area contributed by atoms with E-state index in [0.29, 0.717) is 6.42 Å². The van der Waals surface area contributed by atoms with E-state index in [-0.39, 0.29) is 5.92 Å². The minimum atomic E-state index is -1.03. The lowest BCUT2D eigenvalue weighted by atomic mass is 10.1. The Balaban J connectivity index is 2.77. The first-order valence-electron chi connectivity index (χ1n) is 2.78. The van der Waals surface area contributed by atoms with Gasteiger partial charge in [0.05, 0.1) is 6.07 Å². The van der Waals surface area contributed by atoms with Gasteiger partial charge in [-0.05, 0) is 12.3 Å². The third-order valence-corrected chi connectivity index (χ3v) is 1.89. The summed E-state index contributed by atoms with van der Waals surface area (Å²) in [5.74, 6) is -0.933. The Morgan fingerprint density at radius 2 is 2.44 bits per heavy atom. The lowest BCUT2D eigenvalue weighted by molar-refractivity contribution is -0.141. The quantitative estimate of drug-likeness (QED) is 0.558. The van der Waals surface area contributed by atoms with Crippen LogP contribution in [0.3, 0.4) is 0 Å². The number of hydrogen-bond acceptors (Lipinski definition) is 2. The van der Waals surface area contributed by atoms with Gasteiger partial charge in [0.25, 0.3) is 0 Å². The van der Waals surface area contributed by atoms with E-state index in [4.69, 9.17) is 10.4 Å². The van der Waals surface area contributed by atoms with Crippen LogP contribution in [0.2, 0.25) is 0 Å². The van der Waals surface area contributed by atoms with E-state index < -0.39 is 11.4 Å². The summed E-state index contributed by atoms with van der Waals surface area (Å²) in [7, 11) is 0. The Bertz CT molecular complexity index is 194. The lowest BCUT2D eigenvalue weighted by Gasteiger charge is -1.94. The Labute approximate surface area is 52.9 Å². The van der Waals surface area contributed by atoms with Crippen LogP contribution >= 0.6 is 0 Å². The van der Waals surface area contributed by atoms with Crippen LogP contribution in [0.25, 0.3) is 0 Å². The highest BCUT2D eigenvalue weighted by molar-refractivity contribution is 5.82. The summed E-state index contributed by atoms with van der Waals surface area (Å²) in [6, 6.07) is 1.80. The van der Waals surface area contributed by atoms with Crippen molar-refractivity contribution in [3.8, 4) is 6.07 Å². The Morgan fingerprint density at radius 1 is 2.00 bits per heavy atom. The maximum atomic E-state index is 10.3. The van der Waals surface area contributed by atoms with Crippen molar-refractivity contribution >= 4 is 5.97 Å². The number of rotatable bonds is 1. The second kappa shape index (κ2) is 1.47. The van der Waals surface area contributed by atoms with Crippen molar-refractivity contribution in [2.45, 2.75) is 13.3 Å². The Kier molecular flexibility index (Phi) is 0.995. The predicted molar refractivity (Wildman–Crippen MR) is 29.5 cm³/mol. The lowest BCUT2D eigenvalue weighted by Crippen LogP contribution is -2.13. The van der Waals surface area contributed by atoms with Crippen molar-refractivity contribution in [3.05, 3.63) is 0 Å². The summed E-state index contributed by atoms with van der Waals surface area (Å²) < 4.78 is 0. The molecule has 3 nitrogen and oxygen atoms in total. The molecular formula is C6H7NO2. The smallest absolute Gasteiger partial charge is 0.324 e. The van der Waals surface area contributed by atoms with Crippen LogP contribution in [-0.4, -0.2) is 11.1 Å². The molecule has 0 saturated heterocycles. The monoisotopic (exact) mass is 125 g/mol. The van der Waals surface area contributed by atoms with Crippen molar-refractivity contribution in [3.63, 3.8) is 0 Å². The first kappa shape index (κ1) is 6.09. The van der Waals surface area contributed by atoms with Crippen LogP contribution in [0, 0.1) is 22.7 Å². The highest BCUT2D eigenvalue weighted by atomic mass is 16.4. The van der Waals surface area contributed by atoms with Gasteiger partial charge in [-0.2, -0.15) is 5.26 Å². The summed E-state index contributed by atoms with van der Waals surface area (Å²) in [6.45, 7) is 1.78. The maximum absolute atomic E-state index is 10.3. The molecule has 0 bridgehead atoms. The molecule has 0 heterocycles. The molecule has 9 heavy (non-hydrogen) atoms. The standard InChI is InChI=1S/C6H7NO2/c1-4-2-6(4,3-7)5(8)9/h4H,2H2,1H3,(H,8,9)/t4-,6+/m0/s1. The van der Waals surface area contributed by atoms with Gasteiger partial charge in [-0.15, -0.1) is 0 Å². The van der Waals surface area contributed by atoms with Gasteiger partial charge < -0.3 is 5.11 Å². The second-order valence-corrected chi connectivity index (χ2v) is 2.49. The molecule has 0 aliphatic heterocycles. The SMILES string of the molecule is C[C@H]1C[C@]1(C#N)C(=O)O. The minimum absolute atomic E-state index is 0.0417. The number of hydrogen-bond donors (Lipinski definition) is 1. The predicted octanol–water partition coefficient (Wildman–Crippen LogP) is 0.621. The van der Waals surface area contributed by atoms with E-state index in [1.165, 1.54) is 0 Å². The van der Waals surface area contributed by atoms with Crippen LogP contribution in [0.5, 0.6) is 0 Å². The number of nitriles is 1. The topological polar surface area (TPSA) is 61.1 Å². The van der Waals surface area contributed by atoms with Crippen LogP contribution < -0.4 is 0 Å². The number of aliphatic carboxylic acids is 1. The van der Waals surface area contributed by atoms with E-state index in [1.807, 2.05) is 0 Å². The molecule has 1 rings (SSSR count).